The molecule has 2 aromatic rings. The van der Waals surface area contributed by atoms with E-state index in [9.17, 15) is 4.79 Å². The lowest BCUT2D eigenvalue weighted by atomic mass is 10.1. The van der Waals surface area contributed by atoms with Crippen molar-refractivity contribution in [1.82, 2.24) is 0 Å². The lowest BCUT2D eigenvalue weighted by Gasteiger charge is -2.11. The van der Waals surface area contributed by atoms with Gasteiger partial charge in [0.1, 0.15) is 17.1 Å². The Labute approximate surface area is 109 Å². The first-order chi connectivity index (χ1) is 8.72. The van der Waals surface area contributed by atoms with E-state index in [4.69, 9.17) is 11.0 Å². The van der Waals surface area contributed by atoms with Gasteiger partial charge in [-0.2, -0.15) is 5.26 Å². The largest absolute Gasteiger partial charge is 0.316 e. The second-order valence-corrected chi connectivity index (χ2v) is 4.57. The first-order valence-electron chi connectivity index (χ1n) is 5.31. The molecule has 0 aliphatic rings. The normalized spacial score (nSPS) is 11.6. The average Bonchev–Trinajstić information content (AvgIpc) is 2.86. The topological polar surface area (TPSA) is 78.9 Å². The van der Waals surface area contributed by atoms with Crippen molar-refractivity contribution in [3.63, 3.8) is 0 Å². The van der Waals surface area contributed by atoms with E-state index in [0.29, 0.717) is 10.6 Å². The van der Waals surface area contributed by atoms with Crippen LogP contribution in [0.5, 0.6) is 0 Å². The first kappa shape index (κ1) is 12.3. The molecule has 0 fully saturated rings. The van der Waals surface area contributed by atoms with Crippen LogP contribution in [0.15, 0.2) is 41.8 Å². The first-order valence-corrected chi connectivity index (χ1v) is 6.19. The molecular weight excluding hydrogens is 246 g/mol. The van der Waals surface area contributed by atoms with Crippen molar-refractivity contribution in [2.45, 2.75) is 6.04 Å². The lowest BCUT2D eigenvalue weighted by Crippen LogP contribution is -2.27. The number of rotatable bonds is 3. The number of anilines is 1. The number of nitrogens with two attached hydrogens (primary N) is 1. The van der Waals surface area contributed by atoms with Crippen molar-refractivity contribution in [3.05, 3.63) is 52.9 Å². The lowest BCUT2D eigenvalue weighted by molar-refractivity contribution is -0.117. The third kappa shape index (κ3) is 2.56. The van der Waals surface area contributed by atoms with Gasteiger partial charge in [0.25, 0.3) is 0 Å². The van der Waals surface area contributed by atoms with E-state index in [1.54, 1.807) is 23.6 Å². The van der Waals surface area contributed by atoms with Crippen molar-refractivity contribution >= 4 is 22.2 Å². The second-order valence-electron chi connectivity index (χ2n) is 3.65. The number of thiophene rings is 1. The monoisotopic (exact) mass is 257 g/mol. The summed E-state index contributed by atoms with van der Waals surface area (Å²) in [5.74, 6) is -0.319. The molecule has 0 aliphatic heterocycles. The molecule has 0 saturated carbocycles. The van der Waals surface area contributed by atoms with Gasteiger partial charge in [0, 0.05) is 0 Å². The zero-order valence-electron chi connectivity index (χ0n) is 9.46. The van der Waals surface area contributed by atoms with Gasteiger partial charge in [0.15, 0.2) is 0 Å². The molecule has 0 spiro atoms. The van der Waals surface area contributed by atoms with Crippen LogP contribution in [-0.4, -0.2) is 5.91 Å². The zero-order valence-corrected chi connectivity index (χ0v) is 10.3. The molecular formula is C13H11N3OS. The van der Waals surface area contributed by atoms with Gasteiger partial charge in [-0.15, -0.1) is 11.3 Å². The quantitative estimate of drug-likeness (QED) is 0.885. The summed E-state index contributed by atoms with van der Waals surface area (Å²) >= 11 is 1.31. The van der Waals surface area contributed by atoms with Gasteiger partial charge in [0.2, 0.25) is 5.91 Å². The van der Waals surface area contributed by atoms with Crippen molar-refractivity contribution in [2.24, 2.45) is 5.73 Å². The Morgan fingerprint density at radius 1 is 1.33 bits per heavy atom. The van der Waals surface area contributed by atoms with Crippen LogP contribution >= 0.6 is 11.3 Å². The summed E-state index contributed by atoms with van der Waals surface area (Å²) in [6.45, 7) is 0. The highest BCUT2D eigenvalue weighted by molar-refractivity contribution is 7.14. The van der Waals surface area contributed by atoms with Crippen molar-refractivity contribution in [1.29, 1.82) is 5.26 Å². The maximum absolute atomic E-state index is 11.9. The zero-order chi connectivity index (χ0) is 13.0. The van der Waals surface area contributed by atoms with E-state index in [0.717, 1.165) is 5.56 Å². The predicted octanol–water partition coefficient (Wildman–Crippen LogP) is 2.26. The Morgan fingerprint density at radius 3 is 2.72 bits per heavy atom. The van der Waals surface area contributed by atoms with Crippen LogP contribution in [-0.2, 0) is 4.79 Å². The number of amides is 1. The van der Waals surface area contributed by atoms with E-state index in [1.807, 2.05) is 24.3 Å². The van der Waals surface area contributed by atoms with Crippen molar-refractivity contribution in [3.8, 4) is 6.07 Å². The highest BCUT2D eigenvalue weighted by Gasteiger charge is 2.17. The molecule has 1 amide bonds. The third-order valence-corrected chi connectivity index (χ3v) is 3.29. The van der Waals surface area contributed by atoms with Crippen LogP contribution < -0.4 is 11.1 Å². The number of carbonyl (C=O) groups is 1. The minimum absolute atomic E-state index is 0.319. The molecule has 90 valence electrons. The molecule has 3 N–H and O–H groups in total. The van der Waals surface area contributed by atoms with Crippen LogP contribution in [0.25, 0.3) is 0 Å². The molecule has 18 heavy (non-hydrogen) atoms. The van der Waals surface area contributed by atoms with Gasteiger partial charge in [-0.05, 0) is 17.0 Å². The van der Waals surface area contributed by atoms with Crippen molar-refractivity contribution in [2.75, 3.05) is 5.32 Å². The minimum atomic E-state index is -0.736. The van der Waals surface area contributed by atoms with Crippen LogP contribution in [0, 0.1) is 11.3 Å². The summed E-state index contributed by atoms with van der Waals surface area (Å²) < 4.78 is 0. The molecule has 0 saturated heterocycles. The Bertz CT molecular complexity index is 586. The number of nitrogens with zero attached hydrogens (tertiary/aromatic N) is 1. The van der Waals surface area contributed by atoms with Gasteiger partial charge in [-0.25, -0.2) is 0 Å². The van der Waals surface area contributed by atoms with Gasteiger partial charge < -0.3 is 11.1 Å². The standard InChI is InChI=1S/C13H11N3OS/c14-8-10-6-7-18-13(10)16-12(17)11(15)9-4-2-1-3-5-9/h1-7,11H,15H2,(H,16,17)/t11-/m0/s1. The summed E-state index contributed by atoms with van der Waals surface area (Å²) in [4.78, 5) is 11.9. The number of nitrogens with one attached hydrogen (secondary N) is 1. The maximum Gasteiger partial charge on any atom is 0.246 e. The van der Waals surface area contributed by atoms with Crippen LogP contribution in [0.4, 0.5) is 5.00 Å². The van der Waals surface area contributed by atoms with Gasteiger partial charge >= 0.3 is 0 Å². The molecule has 1 heterocycles. The number of hydrogen-bond donors (Lipinski definition) is 2. The molecule has 0 aliphatic carbocycles. The summed E-state index contributed by atoms with van der Waals surface area (Å²) in [6.07, 6.45) is 0. The van der Waals surface area contributed by atoms with Crippen LogP contribution in [0.1, 0.15) is 17.2 Å². The highest BCUT2D eigenvalue weighted by Crippen LogP contribution is 2.23. The molecule has 5 heteroatoms. The van der Waals surface area contributed by atoms with E-state index in [2.05, 4.69) is 5.32 Å². The molecule has 0 unspecified atom stereocenters. The Kier molecular flexibility index (Phi) is 3.72. The van der Waals surface area contributed by atoms with Gasteiger partial charge in [-0.3, -0.25) is 4.79 Å². The molecule has 0 bridgehead atoms. The average molecular weight is 257 g/mol. The minimum Gasteiger partial charge on any atom is -0.316 e. The predicted molar refractivity (Wildman–Crippen MR) is 71.0 cm³/mol. The fourth-order valence-electron chi connectivity index (χ4n) is 1.50. The molecule has 1 aromatic carbocycles. The Balaban J connectivity index is 2.12. The molecule has 4 nitrogen and oxygen atoms in total. The van der Waals surface area contributed by atoms with Crippen LogP contribution in [0.3, 0.4) is 0 Å². The molecule has 0 radical (unpaired) electrons. The Hall–Kier alpha value is -2.16. The number of benzene rings is 1. The number of nitriles is 1. The van der Waals surface area contributed by atoms with E-state index in [-0.39, 0.29) is 5.91 Å². The van der Waals surface area contributed by atoms with Gasteiger partial charge in [0.05, 0.1) is 5.56 Å². The summed E-state index contributed by atoms with van der Waals surface area (Å²) in [6, 6.07) is 12.0. The van der Waals surface area contributed by atoms with Crippen molar-refractivity contribution < 1.29 is 4.79 Å². The molecule has 1 atom stereocenters. The summed E-state index contributed by atoms with van der Waals surface area (Å²) in [7, 11) is 0. The smallest absolute Gasteiger partial charge is 0.246 e. The van der Waals surface area contributed by atoms with E-state index < -0.39 is 6.04 Å². The van der Waals surface area contributed by atoms with E-state index >= 15 is 0 Å². The van der Waals surface area contributed by atoms with E-state index in [1.165, 1.54) is 11.3 Å². The summed E-state index contributed by atoms with van der Waals surface area (Å²) in [5.41, 5.74) is 7.05. The molecule has 2 rings (SSSR count). The SMILES string of the molecule is N#Cc1ccsc1NC(=O)[C@@H](N)c1ccccc1. The van der Waals surface area contributed by atoms with Gasteiger partial charge in [-0.1, -0.05) is 30.3 Å². The fraction of sp³-hybridized carbons (Fsp3) is 0.0769. The molecule has 1 aromatic heterocycles. The maximum atomic E-state index is 11.9. The fourth-order valence-corrected chi connectivity index (χ4v) is 2.24. The number of carbonyl (C=O) groups excluding carboxylic acids is 1. The Morgan fingerprint density at radius 2 is 2.06 bits per heavy atom. The number of hydrogen-bond acceptors (Lipinski definition) is 4. The highest BCUT2D eigenvalue weighted by atomic mass is 32.1. The van der Waals surface area contributed by atoms with Crippen LogP contribution in [0.2, 0.25) is 0 Å². The second kappa shape index (κ2) is 5.45. The third-order valence-electron chi connectivity index (χ3n) is 2.46. The summed E-state index contributed by atoms with van der Waals surface area (Å²) in [5, 5.41) is 13.8.